The summed E-state index contributed by atoms with van der Waals surface area (Å²) in [6.45, 7) is 0. The molecule has 0 radical (unpaired) electrons. The Bertz CT molecular complexity index is 319. The summed E-state index contributed by atoms with van der Waals surface area (Å²) in [5.41, 5.74) is 0.470. The molecule has 0 bridgehead atoms. The summed E-state index contributed by atoms with van der Waals surface area (Å²) in [5.74, 6) is 0.141. The number of hydrogen-bond acceptors (Lipinski definition) is 4. The number of rotatable bonds is 0. The molecule has 2 heterocycles. The van der Waals surface area contributed by atoms with Gasteiger partial charge in [-0.15, -0.1) is 0 Å². The number of hydrogen-bond donors (Lipinski definition) is 0. The second-order valence-corrected chi connectivity index (χ2v) is 1.77. The predicted octanol–water partition coefficient (Wildman–Crippen LogP) is -0.192. The fourth-order valence-corrected chi connectivity index (χ4v) is 0.714. The van der Waals surface area contributed by atoms with E-state index in [1.54, 1.807) is 12.1 Å². The normalized spacial score (nSPS) is 10.4. The van der Waals surface area contributed by atoms with Crippen molar-refractivity contribution in [1.82, 2.24) is 10.3 Å². The molecule has 0 amide bonds. The lowest BCUT2D eigenvalue weighted by Crippen LogP contribution is -2.29. The van der Waals surface area contributed by atoms with Gasteiger partial charge in [0.2, 0.25) is 0 Å². The highest BCUT2D eigenvalue weighted by Gasteiger charge is 2.19. The van der Waals surface area contributed by atoms with E-state index in [1.807, 2.05) is 0 Å². The van der Waals surface area contributed by atoms with Crippen molar-refractivity contribution in [3.05, 3.63) is 23.6 Å². The van der Waals surface area contributed by atoms with E-state index >= 15 is 0 Å². The molecule has 0 aromatic carbocycles. The summed E-state index contributed by atoms with van der Waals surface area (Å²) in [6, 6.07) is 3.30. The van der Waals surface area contributed by atoms with E-state index in [0.29, 0.717) is 10.5 Å². The molecular formula is C5H3N3O2. The summed E-state index contributed by atoms with van der Waals surface area (Å²) < 4.78 is 4.81. The van der Waals surface area contributed by atoms with Gasteiger partial charge in [-0.25, -0.2) is 0 Å². The Kier molecular flexibility index (Phi) is 0.858. The first kappa shape index (κ1) is 5.16. The Morgan fingerprint density at radius 3 is 3.30 bits per heavy atom. The van der Waals surface area contributed by atoms with E-state index in [1.165, 1.54) is 6.26 Å². The Hall–Kier alpha value is -1.65. The van der Waals surface area contributed by atoms with Crippen LogP contribution in [0.2, 0.25) is 0 Å². The van der Waals surface area contributed by atoms with Crippen LogP contribution < -0.4 is 4.85 Å². The van der Waals surface area contributed by atoms with Crippen molar-refractivity contribution in [2.45, 2.75) is 0 Å². The Morgan fingerprint density at radius 2 is 2.50 bits per heavy atom. The number of fused-ring (bicyclic) bond motifs is 1. The molecule has 0 aromatic heterocycles. The zero-order valence-electron chi connectivity index (χ0n) is 4.89. The van der Waals surface area contributed by atoms with E-state index in [4.69, 9.17) is 4.42 Å². The van der Waals surface area contributed by atoms with Crippen LogP contribution in [-0.4, -0.2) is 10.3 Å². The van der Waals surface area contributed by atoms with Gasteiger partial charge in [-0.05, 0) is 6.07 Å². The largest absolute Gasteiger partial charge is 0.688 e. The number of aromatic nitrogens is 3. The molecule has 0 aromatic rings. The van der Waals surface area contributed by atoms with Gasteiger partial charge in [0.1, 0.15) is 5.21 Å². The third-order valence-corrected chi connectivity index (χ3v) is 1.14. The molecule has 5 nitrogen and oxygen atoms in total. The molecule has 10 heavy (non-hydrogen) atoms. The van der Waals surface area contributed by atoms with Crippen LogP contribution in [0.3, 0.4) is 0 Å². The van der Waals surface area contributed by atoms with Gasteiger partial charge in [0.15, 0.2) is 0 Å². The maximum atomic E-state index is 10.6. The van der Waals surface area contributed by atoms with Crippen LogP contribution in [0, 0.1) is 5.21 Å². The molecule has 0 saturated carbocycles. The highest BCUT2D eigenvalue weighted by Crippen LogP contribution is 2.10. The van der Waals surface area contributed by atoms with Crippen molar-refractivity contribution < 1.29 is 9.26 Å². The van der Waals surface area contributed by atoms with E-state index < -0.39 is 0 Å². The summed E-state index contributed by atoms with van der Waals surface area (Å²) in [6.07, 6.45) is 1.40. The van der Waals surface area contributed by atoms with E-state index in [0.717, 1.165) is 0 Å². The van der Waals surface area contributed by atoms with Crippen molar-refractivity contribution in [3.8, 4) is 11.6 Å². The van der Waals surface area contributed by atoms with Crippen molar-refractivity contribution in [2.24, 2.45) is 0 Å². The first-order chi connectivity index (χ1) is 4.88. The van der Waals surface area contributed by atoms with Gasteiger partial charge < -0.3 is 9.62 Å². The molecule has 0 aliphatic carbocycles. The molecule has 50 valence electrons. The van der Waals surface area contributed by atoms with Crippen LogP contribution in [0.1, 0.15) is 0 Å². The van der Waals surface area contributed by atoms with E-state index in [-0.39, 0.29) is 5.89 Å². The van der Waals surface area contributed by atoms with Gasteiger partial charge in [-0.3, -0.25) is 0 Å². The summed E-state index contributed by atoms with van der Waals surface area (Å²) in [7, 11) is 0. The first-order valence-electron chi connectivity index (χ1n) is 2.67. The zero-order chi connectivity index (χ0) is 6.97. The molecule has 0 fully saturated rings. The van der Waals surface area contributed by atoms with Gasteiger partial charge in [0, 0.05) is 6.07 Å². The summed E-state index contributed by atoms with van der Waals surface area (Å²) in [4.78, 5) is 0.343. The highest BCUT2D eigenvalue weighted by atomic mass is 16.5. The van der Waals surface area contributed by atoms with Crippen molar-refractivity contribution >= 4 is 0 Å². The molecule has 0 unspecified atom stereocenters. The molecule has 2 aliphatic rings. The average Bonchev–Trinajstić information content (AvgIpc) is 2.34. The topological polar surface area (TPSA) is 65.9 Å². The molecular weight excluding hydrogens is 134 g/mol. The van der Waals surface area contributed by atoms with E-state index in [9.17, 15) is 5.21 Å². The fourth-order valence-electron chi connectivity index (χ4n) is 0.714. The van der Waals surface area contributed by atoms with Crippen LogP contribution in [0.5, 0.6) is 0 Å². The molecule has 2 rings (SSSR count). The molecule has 0 N–H and O–H groups in total. The monoisotopic (exact) mass is 137 g/mol. The molecule has 0 saturated heterocycles. The molecule has 0 atom stereocenters. The van der Waals surface area contributed by atoms with Crippen LogP contribution >= 0.6 is 0 Å². The minimum absolute atomic E-state index is 0.141. The zero-order valence-corrected chi connectivity index (χ0v) is 4.89. The van der Waals surface area contributed by atoms with Gasteiger partial charge in [-0.1, -0.05) is 4.85 Å². The molecule has 2 aliphatic heterocycles. The predicted molar refractivity (Wildman–Crippen MR) is 29.9 cm³/mol. The second-order valence-electron chi connectivity index (χ2n) is 1.77. The maximum absolute atomic E-state index is 10.6. The summed E-state index contributed by atoms with van der Waals surface area (Å²) in [5, 5.41) is 17.4. The smallest absolute Gasteiger partial charge is 0.369 e. The SMILES string of the molecule is [O-][n+]1nnc2cccoc1-2. The molecule has 0 spiro atoms. The Balaban J connectivity index is 2.78. The Morgan fingerprint density at radius 1 is 1.60 bits per heavy atom. The molecule has 5 heteroatoms. The highest BCUT2D eigenvalue weighted by molar-refractivity contribution is 5.41. The fraction of sp³-hybridized carbons (Fsp3) is 0. The van der Waals surface area contributed by atoms with Gasteiger partial charge >= 0.3 is 5.89 Å². The quantitative estimate of drug-likeness (QED) is 0.372. The lowest BCUT2D eigenvalue weighted by Gasteiger charge is -1.91. The Labute approximate surface area is 55.8 Å². The van der Waals surface area contributed by atoms with Gasteiger partial charge in [0.25, 0.3) is 5.69 Å². The number of nitrogens with zero attached hydrogens (tertiary/aromatic N) is 3. The first-order valence-corrected chi connectivity index (χ1v) is 2.67. The standard InChI is InChI=1S/C5H3N3O2/c9-8-5-4(6-7-8)2-1-3-10-5/h1-3H. The summed E-state index contributed by atoms with van der Waals surface area (Å²) >= 11 is 0. The van der Waals surface area contributed by atoms with Crippen LogP contribution in [-0.2, 0) is 0 Å². The van der Waals surface area contributed by atoms with Crippen molar-refractivity contribution in [2.75, 3.05) is 0 Å². The van der Waals surface area contributed by atoms with E-state index in [2.05, 4.69) is 10.3 Å². The lowest BCUT2D eigenvalue weighted by atomic mass is 10.4. The average molecular weight is 137 g/mol. The van der Waals surface area contributed by atoms with Gasteiger partial charge in [0.05, 0.1) is 11.4 Å². The third kappa shape index (κ3) is 0.540. The van der Waals surface area contributed by atoms with Crippen LogP contribution in [0.25, 0.3) is 11.6 Å². The maximum Gasteiger partial charge on any atom is 0.369 e. The van der Waals surface area contributed by atoms with Gasteiger partial charge in [-0.2, -0.15) is 0 Å². The second kappa shape index (κ2) is 1.66. The minimum Gasteiger partial charge on any atom is -0.688 e. The van der Waals surface area contributed by atoms with Crippen LogP contribution in [0.15, 0.2) is 22.8 Å². The van der Waals surface area contributed by atoms with Crippen molar-refractivity contribution in [3.63, 3.8) is 0 Å². The lowest BCUT2D eigenvalue weighted by molar-refractivity contribution is -0.665. The van der Waals surface area contributed by atoms with Crippen molar-refractivity contribution in [1.29, 1.82) is 0 Å². The van der Waals surface area contributed by atoms with Crippen LogP contribution in [0.4, 0.5) is 0 Å². The third-order valence-electron chi connectivity index (χ3n) is 1.14. The minimum atomic E-state index is 0.141.